The van der Waals surface area contributed by atoms with Gasteiger partial charge in [-0.25, -0.2) is 9.97 Å². The van der Waals surface area contributed by atoms with E-state index in [1.54, 1.807) is 0 Å². The van der Waals surface area contributed by atoms with Gasteiger partial charge >= 0.3 is 5.91 Å². The minimum Gasteiger partial charge on any atom is -0.379 e. The molecule has 0 spiro atoms. The molecule has 25 heavy (non-hydrogen) atoms. The van der Waals surface area contributed by atoms with Crippen molar-refractivity contribution in [2.24, 2.45) is 0 Å². The molecule has 2 heterocycles. The van der Waals surface area contributed by atoms with Crippen molar-refractivity contribution in [3.05, 3.63) is 47.8 Å². The zero-order valence-electron chi connectivity index (χ0n) is 13.7. The maximum Gasteiger partial charge on any atom is 0.321 e. The van der Waals surface area contributed by atoms with E-state index in [0.29, 0.717) is 5.82 Å². The summed E-state index contributed by atoms with van der Waals surface area (Å²) in [6.45, 7) is 4.53. The maximum absolute atomic E-state index is 11.5. The molecule has 0 saturated carbocycles. The summed E-state index contributed by atoms with van der Waals surface area (Å²) in [4.78, 5) is 22.1. The number of rotatable bonds is 5. The normalized spacial score (nSPS) is 15.1. The Morgan fingerprint density at radius 3 is 2.56 bits per heavy atom. The fourth-order valence-corrected chi connectivity index (χ4v) is 2.65. The Balaban J connectivity index is 1.65. The fourth-order valence-electron chi connectivity index (χ4n) is 2.65. The van der Waals surface area contributed by atoms with E-state index in [-0.39, 0.29) is 5.69 Å². The van der Waals surface area contributed by atoms with Crippen molar-refractivity contribution in [1.82, 2.24) is 20.1 Å². The van der Waals surface area contributed by atoms with Crippen LogP contribution in [0.4, 0.5) is 0 Å². The first kappa shape index (κ1) is 17.4. The van der Waals surface area contributed by atoms with Crippen molar-refractivity contribution in [2.45, 2.75) is 6.42 Å². The van der Waals surface area contributed by atoms with Gasteiger partial charge in [-0.15, -0.1) is 0 Å². The SMILES string of the molecule is O=C(c1ccnc(-c2ccc(CCN3CCOCC3)cc2)n1)N(O)O. The van der Waals surface area contributed by atoms with Crippen LogP contribution in [0, 0.1) is 0 Å². The standard InChI is InChI=1S/C17H20N4O4/c22-17(21(23)24)15-5-7-18-16(19-15)14-3-1-13(2-4-14)6-8-20-9-11-25-12-10-20/h1-5,7,23-24H,6,8-12H2. The Morgan fingerprint density at radius 2 is 1.88 bits per heavy atom. The second-order valence-electron chi connectivity index (χ2n) is 5.76. The average Bonchev–Trinajstić information content (AvgIpc) is 2.67. The van der Waals surface area contributed by atoms with Gasteiger partial charge in [0.05, 0.1) is 13.2 Å². The minimum atomic E-state index is -1.01. The third kappa shape index (κ3) is 4.58. The molecule has 1 saturated heterocycles. The van der Waals surface area contributed by atoms with Crippen molar-refractivity contribution in [3.8, 4) is 11.4 Å². The molecule has 8 heteroatoms. The summed E-state index contributed by atoms with van der Waals surface area (Å²) in [5.41, 5.74) is 1.87. The lowest BCUT2D eigenvalue weighted by Gasteiger charge is -2.26. The summed E-state index contributed by atoms with van der Waals surface area (Å²) >= 11 is 0. The first-order valence-electron chi connectivity index (χ1n) is 8.08. The van der Waals surface area contributed by atoms with Crippen molar-refractivity contribution in [1.29, 1.82) is 0 Å². The molecule has 132 valence electrons. The van der Waals surface area contributed by atoms with Gasteiger partial charge in [-0.2, -0.15) is 0 Å². The number of carbonyl (C=O) groups is 1. The van der Waals surface area contributed by atoms with Crippen LogP contribution < -0.4 is 0 Å². The number of aromatic nitrogens is 2. The second kappa shape index (κ2) is 8.13. The monoisotopic (exact) mass is 344 g/mol. The molecular weight excluding hydrogens is 324 g/mol. The van der Waals surface area contributed by atoms with Crippen LogP contribution in [0.1, 0.15) is 16.1 Å². The van der Waals surface area contributed by atoms with E-state index in [1.165, 1.54) is 17.8 Å². The lowest BCUT2D eigenvalue weighted by Crippen LogP contribution is -2.37. The van der Waals surface area contributed by atoms with Crippen LogP contribution in [-0.4, -0.2) is 69.3 Å². The highest BCUT2D eigenvalue weighted by Gasteiger charge is 2.15. The second-order valence-corrected chi connectivity index (χ2v) is 5.76. The van der Waals surface area contributed by atoms with E-state index in [0.717, 1.165) is 44.8 Å². The first-order valence-corrected chi connectivity index (χ1v) is 8.08. The van der Waals surface area contributed by atoms with E-state index in [4.69, 9.17) is 15.2 Å². The molecule has 1 aromatic carbocycles. The van der Waals surface area contributed by atoms with E-state index in [2.05, 4.69) is 14.9 Å². The molecule has 1 aliphatic heterocycles. The smallest absolute Gasteiger partial charge is 0.321 e. The van der Waals surface area contributed by atoms with Crippen LogP contribution in [0.25, 0.3) is 11.4 Å². The highest BCUT2D eigenvalue weighted by atomic mass is 16.8. The van der Waals surface area contributed by atoms with Gasteiger partial charge in [0.1, 0.15) is 5.69 Å². The average molecular weight is 344 g/mol. The summed E-state index contributed by atoms with van der Waals surface area (Å²) in [6.07, 6.45) is 2.36. The predicted octanol–water partition coefficient (Wildman–Crippen LogP) is 1.24. The van der Waals surface area contributed by atoms with Crippen molar-refractivity contribution in [2.75, 3.05) is 32.8 Å². The number of nitrogens with zero attached hydrogens (tertiary/aromatic N) is 4. The number of carbonyl (C=O) groups excluding carboxylic acids is 1. The molecule has 3 rings (SSSR count). The van der Waals surface area contributed by atoms with Gasteiger partial charge in [-0.3, -0.25) is 20.1 Å². The number of benzene rings is 1. The predicted molar refractivity (Wildman–Crippen MR) is 88.2 cm³/mol. The number of ether oxygens (including phenoxy) is 1. The number of hydroxylamine groups is 2. The summed E-state index contributed by atoms with van der Waals surface area (Å²) in [7, 11) is 0. The molecule has 0 unspecified atom stereocenters. The number of amides is 1. The van der Waals surface area contributed by atoms with Crippen LogP contribution in [0.15, 0.2) is 36.5 Å². The molecule has 1 aromatic heterocycles. The lowest BCUT2D eigenvalue weighted by atomic mass is 10.1. The Hall–Kier alpha value is -2.39. The van der Waals surface area contributed by atoms with Gasteiger partial charge in [0.15, 0.2) is 5.82 Å². The molecule has 0 aliphatic carbocycles. The minimum absolute atomic E-state index is 0.0913. The van der Waals surface area contributed by atoms with Gasteiger partial charge in [0, 0.05) is 31.4 Å². The lowest BCUT2D eigenvalue weighted by molar-refractivity contribution is -0.260. The Morgan fingerprint density at radius 1 is 1.16 bits per heavy atom. The molecule has 2 N–H and O–H groups in total. The van der Waals surface area contributed by atoms with Crippen LogP contribution in [0.2, 0.25) is 0 Å². The molecule has 1 aliphatic rings. The molecular formula is C17H20N4O4. The molecule has 2 aromatic rings. The zero-order chi connectivity index (χ0) is 17.6. The van der Waals surface area contributed by atoms with Crippen LogP contribution >= 0.6 is 0 Å². The van der Waals surface area contributed by atoms with Gasteiger partial charge in [0.2, 0.25) is 0 Å². The number of hydrogen-bond acceptors (Lipinski definition) is 7. The highest BCUT2D eigenvalue weighted by molar-refractivity contribution is 5.90. The van der Waals surface area contributed by atoms with Crippen molar-refractivity contribution < 1.29 is 19.9 Å². The Labute approximate surface area is 145 Å². The third-order valence-corrected chi connectivity index (χ3v) is 4.09. The van der Waals surface area contributed by atoms with Crippen molar-refractivity contribution >= 4 is 5.91 Å². The molecule has 0 atom stereocenters. The van der Waals surface area contributed by atoms with E-state index in [9.17, 15) is 4.79 Å². The first-order chi connectivity index (χ1) is 12.1. The number of hydrogen-bond donors (Lipinski definition) is 2. The highest BCUT2D eigenvalue weighted by Crippen LogP contribution is 2.16. The Kier molecular flexibility index (Phi) is 5.67. The Bertz CT molecular complexity index is 715. The number of morpholine rings is 1. The quantitative estimate of drug-likeness (QED) is 0.622. The van der Waals surface area contributed by atoms with E-state index in [1.807, 2.05) is 24.3 Å². The van der Waals surface area contributed by atoms with E-state index >= 15 is 0 Å². The van der Waals surface area contributed by atoms with Crippen LogP contribution in [-0.2, 0) is 11.2 Å². The zero-order valence-corrected chi connectivity index (χ0v) is 13.7. The van der Waals surface area contributed by atoms with Crippen molar-refractivity contribution in [3.63, 3.8) is 0 Å². The van der Waals surface area contributed by atoms with Crippen LogP contribution in [0.5, 0.6) is 0 Å². The van der Waals surface area contributed by atoms with E-state index < -0.39 is 11.1 Å². The summed E-state index contributed by atoms with van der Waals surface area (Å²) < 4.78 is 5.34. The summed E-state index contributed by atoms with van der Waals surface area (Å²) in [6, 6.07) is 9.14. The fraction of sp³-hybridized carbons (Fsp3) is 0.353. The van der Waals surface area contributed by atoms with Gasteiger partial charge < -0.3 is 4.74 Å². The molecule has 0 radical (unpaired) electrons. The third-order valence-electron chi connectivity index (χ3n) is 4.09. The largest absolute Gasteiger partial charge is 0.379 e. The summed E-state index contributed by atoms with van der Waals surface area (Å²) in [5, 5.41) is 17.1. The van der Waals surface area contributed by atoms with Gasteiger partial charge in [-0.05, 0) is 18.1 Å². The summed E-state index contributed by atoms with van der Waals surface area (Å²) in [5.74, 6) is -0.654. The molecule has 0 bridgehead atoms. The molecule has 1 amide bonds. The van der Waals surface area contributed by atoms with Gasteiger partial charge in [0.25, 0.3) is 0 Å². The van der Waals surface area contributed by atoms with Gasteiger partial charge in [-0.1, -0.05) is 29.5 Å². The topological polar surface area (TPSA) is 99.0 Å². The maximum atomic E-state index is 11.5. The molecule has 8 nitrogen and oxygen atoms in total. The molecule has 1 fully saturated rings. The van der Waals surface area contributed by atoms with Crippen LogP contribution in [0.3, 0.4) is 0 Å².